The van der Waals surface area contributed by atoms with Crippen molar-refractivity contribution in [3.05, 3.63) is 0 Å². The van der Waals surface area contributed by atoms with E-state index < -0.39 is 0 Å². The van der Waals surface area contributed by atoms with Crippen molar-refractivity contribution in [3.63, 3.8) is 0 Å². The summed E-state index contributed by atoms with van der Waals surface area (Å²) in [6, 6.07) is 1.42. The van der Waals surface area contributed by atoms with Crippen molar-refractivity contribution in [3.8, 4) is 0 Å². The molecule has 0 amide bonds. The molecule has 0 aromatic carbocycles. The van der Waals surface area contributed by atoms with Crippen LogP contribution in [0.15, 0.2) is 0 Å². The van der Waals surface area contributed by atoms with Crippen LogP contribution >= 0.6 is 0 Å². The molecule has 0 saturated carbocycles. The number of aliphatic hydroxyl groups excluding tert-OH is 1. The van der Waals surface area contributed by atoms with Crippen LogP contribution in [0.2, 0.25) is 0 Å². The van der Waals surface area contributed by atoms with E-state index in [-0.39, 0.29) is 6.10 Å². The van der Waals surface area contributed by atoms with Gasteiger partial charge in [0, 0.05) is 18.1 Å². The molecule has 0 aromatic heterocycles. The highest BCUT2D eigenvalue weighted by molar-refractivity contribution is 4.95. The van der Waals surface area contributed by atoms with Crippen molar-refractivity contribution in [1.82, 2.24) is 4.90 Å². The Kier molecular flexibility index (Phi) is 2.10. The molecule has 3 heteroatoms. The Morgan fingerprint density at radius 1 is 1.17 bits per heavy atom. The number of aliphatic hydroxyl groups is 1. The van der Waals surface area contributed by atoms with Crippen molar-refractivity contribution in [2.45, 2.75) is 49.9 Å². The van der Waals surface area contributed by atoms with Gasteiger partial charge in [0.2, 0.25) is 0 Å². The molecule has 0 spiro atoms. The summed E-state index contributed by atoms with van der Waals surface area (Å²) in [6.45, 7) is 0. The lowest BCUT2D eigenvalue weighted by Gasteiger charge is -2.47. The summed E-state index contributed by atoms with van der Waals surface area (Å²) in [7, 11) is 2.16. The third kappa shape index (κ3) is 1.37. The fraction of sp³-hybridized carbons (Fsp3) is 1.00. The molecule has 0 radical (unpaired) electrons. The summed E-state index contributed by atoms with van der Waals surface area (Å²) >= 11 is 0. The molecule has 2 heterocycles. The van der Waals surface area contributed by atoms with E-state index in [0.29, 0.717) is 18.1 Å². The zero-order valence-corrected chi connectivity index (χ0v) is 7.61. The zero-order chi connectivity index (χ0) is 8.72. The summed E-state index contributed by atoms with van der Waals surface area (Å²) in [6.07, 6.45) is 3.87. The number of fused-ring (bicyclic) bond motifs is 2. The first kappa shape index (κ1) is 8.48. The summed E-state index contributed by atoms with van der Waals surface area (Å²) in [5.41, 5.74) is 5.92. The Balaban J connectivity index is 2.08. The minimum absolute atomic E-state index is 0.0799. The first-order chi connectivity index (χ1) is 5.66. The first-order valence-corrected chi connectivity index (χ1v) is 4.82. The molecule has 2 atom stereocenters. The highest BCUT2D eigenvalue weighted by atomic mass is 16.3. The average Bonchev–Trinajstić information content (AvgIpc) is 1.94. The molecule has 3 N–H and O–H groups in total. The third-order valence-corrected chi connectivity index (χ3v) is 3.39. The highest BCUT2D eigenvalue weighted by Crippen LogP contribution is 2.31. The molecule has 0 aliphatic carbocycles. The van der Waals surface area contributed by atoms with Gasteiger partial charge in [-0.05, 0) is 32.7 Å². The van der Waals surface area contributed by atoms with E-state index >= 15 is 0 Å². The number of nitrogens with two attached hydrogens (primary N) is 1. The van der Waals surface area contributed by atoms with Gasteiger partial charge in [-0.2, -0.15) is 0 Å². The SMILES string of the molecule is CN1C2CC(N)CC1CC(O)C2. The number of piperidine rings is 2. The van der Waals surface area contributed by atoms with Crippen LogP contribution in [0.1, 0.15) is 25.7 Å². The topological polar surface area (TPSA) is 49.5 Å². The Bertz CT molecular complexity index is 144. The standard InChI is InChI=1S/C9H18N2O/c1-11-7-2-6(10)3-8(11)5-9(12)4-7/h6-9,12H,2-5,10H2,1H3. The number of rotatable bonds is 0. The predicted octanol–water partition coefficient (Wildman–Crippen LogP) is -0.0688. The van der Waals surface area contributed by atoms with Crippen molar-refractivity contribution < 1.29 is 5.11 Å². The van der Waals surface area contributed by atoms with Crippen molar-refractivity contribution in [2.75, 3.05) is 7.05 Å². The molecule has 70 valence electrons. The second-order valence-electron chi connectivity index (χ2n) is 4.33. The van der Waals surface area contributed by atoms with Gasteiger partial charge in [0.05, 0.1) is 6.10 Å². The van der Waals surface area contributed by atoms with Gasteiger partial charge in [-0.25, -0.2) is 0 Å². The van der Waals surface area contributed by atoms with Gasteiger partial charge in [0.15, 0.2) is 0 Å². The van der Waals surface area contributed by atoms with Crippen LogP contribution in [0.25, 0.3) is 0 Å². The molecular weight excluding hydrogens is 152 g/mol. The Morgan fingerprint density at radius 2 is 1.67 bits per heavy atom. The smallest absolute Gasteiger partial charge is 0.0570 e. The van der Waals surface area contributed by atoms with Gasteiger partial charge in [0.25, 0.3) is 0 Å². The van der Waals surface area contributed by atoms with Gasteiger partial charge in [-0.15, -0.1) is 0 Å². The summed E-state index contributed by atoms with van der Waals surface area (Å²) < 4.78 is 0. The van der Waals surface area contributed by atoms with Crippen LogP contribution < -0.4 is 5.73 Å². The molecular formula is C9H18N2O. The van der Waals surface area contributed by atoms with Crippen LogP contribution in [-0.2, 0) is 0 Å². The summed E-state index contributed by atoms with van der Waals surface area (Å²) in [5, 5.41) is 9.55. The van der Waals surface area contributed by atoms with E-state index in [9.17, 15) is 5.11 Å². The normalized spacial score (nSPS) is 49.2. The van der Waals surface area contributed by atoms with Crippen molar-refractivity contribution in [1.29, 1.82) is 0 Å². The van der Waals surface area contributed by atoms with Crippen molar-refractivity contribution >= 4 is 0 Å². The van der Waals surface area contributed by atoms with Gasteiger partial charge in [0.1, 0.15) is 0 Å². The minimum atomic E-state index is -0.0799. The second kappa shape index (κ2) is 2.98. The second-order valence-corrected chi connectivity index (χ2v) is 4.33. The molecule has 2 bridgehead atoms. The molecule has 12 heavy (non-hydrogen) atoms. The number of hydrogen-bond acceptors (Lipinski definition) is 3. The third-order valence-electron chi connectivity index (χ3n) is 3.39. The summed E-state index contributed by atoms with van der Waals surface area (Å²) in [5.74, 6) is 0. The van der Waals surface area contributed by atoms with E-state index in [1.54, 1.807) is 0 Å². The van der Waals surface area contributed by atoms with Crippen molar-refractivity contribution in [2.24, 2.45) is 5.73 Å². The largest absolute Gasteiger partial charge is 0.393 e. The van der Waals surface area contributed by atoms with Gasteiger partial charge >= 0.3 is 0 Å². The Labute approximate surface area is 73.5 Å². The van der Waals surface area contributed by atoms with E-state index in [2.05, 4.69) is 11.9 Å². The van der Waals surface area contributed by atoms with Gasteiger partial charge in [-0.3, -0.25) is 0 Å². The molecule has 2 aliphatic rings. The zero-order valence-electron chi connectivity index (χ0n) is 7.61. The predicted molar refractivity (Wildman–Crippen MR) is 47.8 cm³/mol. The van der Waals surface area contributed by atoms with Gasteiger partial charge in [-0.1, -0.05) is 0 Å². The average molecular weight is 170 g/mol. The quantitative estimate of drug-likeness (QED) is 0.535. The van der Waals surface area contributed by atoms with Crippen LogP contribution in [0.5, 0.6) is 0 Å². The lowest BCUT2D eigenvalue weighted by molar-refractivity contribution is -0.0162. The fourth-order valence-corrected chi connectivity index (χ4v) is 2.68. The van der Waals surface area contributed by atoms with Gasteiger partial charge < -0.3 is 15.7 Å². The van der Waals surface area contributed by atoms with E-state index in [0.717, 1.165) is 25.7 Å². The van der Waals surface area contributed by atoms with E-state index in [4.69, 9.17) is 5.73 Å². The Morgan fingerprint density at radius 3 is 2.17 bits per heavy atom. The summed E-state index contributed by atoms with van der Waals surface area (Å²) in [4.78, 5) is 2.40. The maximum Gasteiger partial charge on any atom is 0.0570 e. The lowest BCUT2D eigenvalue weighted by Crippen LogP contribution is -2.56. The van der Waals surface area contributed by atoms with E-state index in [1.165, 1.54) is 0 Å². The highest BCUT2D eigenvalue weighted by Gasteiger charge is 2.37. The molecule has 2 aliphatic heterocycles. The van der Waals surface area contributed by atoms with Crippen LogP contribution in [0.3, 0.4) is 0 Å². The van der Waals surface area contributed by atoms with Crippen LogP contribution in [-0.4, -0.2) is 41.3 Å². The molecule has 2 unspecified atom stereocenters. The van der Waals surface area contributed by atoms with Crippen LogP contribution in [0, 0.1) is 0 Å². The Hall–Kier alpha value is -0.120. The molecule has 2 fully saturated rings. The molecule has 2 saturated heterocycles. The lowest BCUT2D eigenvalue weighted by atomic mass is 9.81. The molecule has 2 rings (SSSR count). The first-order valence-electron chi connectivity index (χ1n) is 4.82. The number of hydrogen-bond donors (Lipinski definition) is 2. The van der Waals surface area contributed by atoms with Crippen LogP contribution in [0.4, 0.5) is 0 Å². The minimum Gasteiger partial charge on any atom is -0.393 e. The number of nitrogens with zero attached hydrogens (tertiary/aromatic N) is 1. The fourth-order valence-electron chi connectivity index (χ4n) is 2.68. The maximum absolute atomic E-state index is 9.55. The maximum atomic E-state index is 9.55. The monoisotopic (exact) mass is 170 g/mol. The van der Waals surface area contributed by atoms with E-state index in [1.807, 2.05) is 0 Å². The molecule has 3 nitrogen and oxygen atoms in total. The molecule has 0 aromatic rings.